The first-order valence-corrected chi connectivity index (χ1v) is 5.68. The van der Waals surface area contributed by atoms with Crippen molar-refractivity contribution in [1.29, 1.82) is 0 Å². The van der Waals surface area contributed by atoms with Crippen LogP contribution in [-0.4, -0.2) is 5.11 Å². The highest BCUT2D eigenvalue weighted by Gasteiger charge is 2.16. The molecule has 0 aliphatic rings. The van der Waals surface area contributed by atoms with Crippen LogP contribution < -0.4 is 0 Å². The Morgan fingerprint density at radius 1 is 1.29 bits per heavy atom. The van der Waals surface area contributed by atoms with E-state index in [0.717, 1.165) is 0 Å². The molecule has 2 rings (SSSR count). The second kappa shape index (κ2) is 5.08. The number of furan rings is 1. The smallest absolute Gasteiger partial charge is 0.198 e. The van der Waals surface area contributed by atoms with E-state index in [1.54, 1.807) is 6.07 Å². The minimum atomic E-state index is -0.874. The minimum Gasteiger partial charge on any atom is -0.453 e. The van der Waals surface area contributed by atoms with E-state index in [0.29, 0.717) is 16.1 Å². The predicted octanol–water partition coefficient (Wildman–Crippen LogP) is 4.00. The Hall–Kier alpha value is -1.03. The second-order valence-corrected chi connectivity index (χ2v) is 4.36. The Morgan fingerprint density at radius 2 is 2.06 bits per heavy atom. The van der Waals surface area contributed by atoms with Gasteiger partial charge in [-0.3, -0.25) is 0 Å². The van der Waals surface area contributed by atoms with Crippen molar-refractivity contribution in [1.82, 2.24) is 0 Å². The van der Waals surface area contributed by atoms with Crippen molar-refractivity contribution in [2.24, 2.45) is 0 Å². The summed E-state index contributed by atoms with van der Waals surface area (Å²) >= 11 is 11.6. The van der Waals surface area contributed by atoms with Crippen LogP contribution in [0.1, 0.15) is 17.2 Å². The van der Waals surface area contributed by atoms with Crippen LogP contribution in [-0.2, 0) is 6.42 Å². The van der Waals surface area contributed by atoms with Crippen LogP contribution in [0, 0.1) is 5.82 Å². The third-order valence-corrected chi connectivity index (χ3v) is 3.10. The van der Waals surface area contributed by atoms with Crippen LogP contribution in [0.3, 0.4) is 0 Å². The largest absolute Gasteiger partial charge is 0.453 e. The molecule has 0 saturated carbocycles. The van der Waals surface area contributed by atoms with Gasteiger partial charge in [0.2, 0.25) is 0 Å². The first-order valence-electron chi connectivity index (χ1n) is 4.93. The van der Waals surface area contributed by atoms with Gasteiger partial charge in [0.05, 0.1) is 12.4 Å². The van der Waals surface area contributed by atoms with Crippen molar-refractivity contribution >= 4 is 23.2 Å². The molecule has 0 aliphatic heterocycles. The summed E-state index contributed by atoms with van der Waals surface area (Å²) in [6.07, 6.45) is 0.685. The molecular weight excluding hydrogens is 266 g/mol. The molecule has 0 fully saturated rings. The molecule has 90 valence electrons. The van der Waals surface area contributed by atoms with E-state index >= 15 is 0 Å². The van der Waals surface area contributed by atoms with E-state index in [2.05, 4.69) is 0 Å². The average molecular weight is 275 g/mol. The van der Waals surface area contributed by atoms with Crippen molar-refractivity contribution in [3.05, 3.63) is 57.7 Å². The summed E-state index contributed by atoms with van der Waals surface area (Å²) in [5.41, 5.74) is 0.989. The molecule has 5 heteroatoms. The fourth-order valence-electron chi connectivity index (χ4n) is 1.56. The first kappa shape index (κ1) is 12.4. The standard InChI is InChI=1S/C12H9Cl2FO2/c13-10-2-1-8(15)5-7(10)6-11(16)9-3-4-17-12(9)14/h1-5,11,16H,6H2. The molecule has 0 amide bonds. The van der Waals surface area contributed by atoms with E-state index in [9.17, 15) is 9.50 Å². The normalized spacial score (nSPS) is 12.7. The molecule has 0 radical (unpaired) electrons. The van der Waals surface area contributed by atoms with Gasteiger partial charge in [-0.15, -0.1) is 0 Å². The molecule has 1 heterocycles. The summed E-state index contributed by atoms with van der Waals surface area (Å²) in [5.74, 6) is -0.394. The Balaban J connectivity index is 2.21. The van der Waals surface area contributed by atoms with Gasteiger partial charge < -0.3 is 9.52 Å². The zero-order valence-corrected chi connectivity index (χ0v) is 10.2. The zero-order chi connectivity index (χ0) is 12.4. The van der Waals surface area contributed by atoms with Crippen molar-refractivity contribution in [2.45, 2.75) is 12.5 Å². The Bertz CT molecular complexity index is 525. The summed E-state index contributed by atoms with van der Waals surface area (Å²) in [5, 5.41) is 10.5. The third kappa shape index (κ3) is 2.80. The number of hydrogen-bond donors (Lipinski definition) is 1. The van der Waals surface area contributed by atoms with Crippen LogP contribution >= 0.6 is 23.2 Å². The molecule has 17 heavy (non-hydrogen) atoms. The molecule has 2 aromatic rings. The fourth-order valence-corrected chi connectivity index (χ4v) is 2.00. The Morgan fingerprint density at radius 3 is 2.71 bits per heavy atom. The highest BCUT2D eigenvalue weighted by molar-refractivity contribution is 6.31. The number of aliphatic hydroxyl groups is 1. The Labute approximate surface area is 108 Å². The maximum absolute atomic E-state index is 13.0. The summed E-state index contributed by atoms with van der Waals surface area (Å²) in [6.45, 7) is 0. The van der Waals surface area contributed by atoms with Crippen molar-refractivity contribution in [3.8, 4) is 0 Å². The van der Waals surface area contributed by atoms with Gasteiger partial charge in [0.1, 0.15) is 5.82 Å². The molecule has 2 nitrogen and oxygen atoms in total. The molecule has 1 aromatic heterocycles. The van der Waals surface area contributed by atoms with Gasteiger partial charge in [0, 0.05) is 17.0 Å². The summed E-state index contributed by atoms with van der Waals surface area (Å²) in [4.78, 5) is 0. The maximum atomic E-state index is 13.0. The number of hydrogen-bond acceptors (Lipinski definition) is 2. The van der Waals surface area contributed by atoms with Crippen LogP contribution in [0.15, 0.2) is 34.9 Å². The van der Waals surface area contributed by atoms with Gasteiger partial charge in [-0.25, -0.2) is 4.39 Å². The predicted molar refractivity (Wildman–Crippen MR) is 63.8 cm³/mol. The molecule has 0 aliphatic carbocycles. The SMILES string of the molecule is OC(Cc1cc(F)ccc1Cl)c1ccoc1Cl. The van der Waals surface area contributed by atoms with E-state index < -0.39 is 11.9 Å². The zero-order valence-electron chi connectivity index (χ0n) is 8.66. The van der Waals surface area contributed by atoms with Crippen LogP contribution in [0.4, 0.5) is 4.39 Å². The number of aliphatic hydroxyl groups excluding tert-OH is 1. The highest BCUT2D eigenvalue weighted by Crippen LogP contribution is 2.29. The number of rotatable bonds is 3. The molecule has 1 aromatic carbocycles. The van der Waals surface area contributed by atoms with Crippen molar-refractivity contribution in [3.63, 3.8) is 0 Å². The lowest BCUT2D eigenvalue weighted by atomic mass is 10.0. The van der Waals surface area contributed by atoms with Crippen molar-refractivity contribution < 1.29 is 13.9 Å². The van der Waals surface area contributed by atoms with Crippen LogP contribution in [0.2, 0.25) is 10.2 Å². The number of halogens is 3. The van der Waals surface area contributed by atoms with E-state index in [4.69, 9.17) is 27.6 Å². The van der Waals surface area contributed by atoms with Crippen LogP contribution in [0.5, 0.6) is 0 Å². The average Bonchev–Trinajstić information content (AvgIpc) is 2.70. The monoisotopic (exact) mass is 274 g/mol. The van der Waals surface area contributed by atoms with E-state index in [1.165, 1.54) is 24.5 Å². The van der Waals surface area contributed by atoms with E-state index in [-0.39, 0.29) is 11.6 Å². The molecule has 0 saturated heterocycles. The fraction of sp³-hybridized carbons (Fsp3) is 0.167. The topological polar surface area (TPSA) is 33.4 Å². The van der Waals surface area contributed by atoms with Gasteiger partial charge in [-0.2, -0.15) is 0 Å². The Kier molecular flexibility index (Phi) is 3.72. The van der Waals surface area contributed by atoms with Gasteiger partial charge in [-0.05, 0) is 41.4 Å². The lowest BCUT2D eigenvalue weighted by molar-refractivity contribution is 0.177. The minimum absolute atomic E-state index is 0.130. The van der Waals surface area contributed by atoms with Gasteiger partial charge in [-0.1, -0.05) is 11.6 Å². The van der Waals surface area contributed by atoms with Crippen molar-refractivity contribution in [2.75, 3.05) is 0 Å². The lowest BCUT2D eigenvalue weighted by Crippen LogP contribution is -2.02. The molecule has 0 bridgehead atoms. The molecule has 1 atom stereocenters. The second-order valence-electron chi connectivity index (χ2n) is 3.61. The summed E-state index contributed by atoms with van der Waals surface area (Å²) < 4.78 is 17.9. The molecule has 0 spiro atoms. The third-order valence-electron chi connectivity index (χ3n) is 2.43. The quantitative estimate of drug-likeness (QED) is 0.918. The van der Waals surface area contributed by atoms with E-state index in [1.807, 2.05) is 0 Å². The highest BCUT2D eigenvalue weighted by atomic mass is 35.5. The summed E-state index contributed by atoms with van der Waals surface area (Å²) in [6, 6.07) is 5.58. The van der Waals surface area contributed by atoms with Gasteiger partial charge in [0.25, 0.3) is 0 Å². The van der Waals surface area contributed by atoms with Gasteiger partial charge >= 0.3 is 0 Å². The first-order chi connectivity index (χ1) is 8.08. The summed E-state index contributed by atoms with van der Waals surface area (Å²) in [7, 11) is 0. The maximum Gasteiger partial charge on any atom is 0.198 e. The molecule has 1 N–H and O–H groups in total. The molecule has 1 unspecified atom stereocenters. The van der Waals surface area contributed by atoms with Gasteiger partial charge in [0.15, 0.2) is 5.22 Å². The number of benzene rings is 1. The lowest BCUT2D eigenvalue weighted by Gasteiger charge is -2.10. The molecular formula is C12H9Cl2FO2. The van der Waals surface area contributed by atoms with Crippen LogP contribution in [0.25, 0.3) is 0 Å².